The number of carbonyl (C=O) groups excluding carboxylic acids is 2. The molecule has 0 aromatic heterocycles. The van der Waals surface area contributed by atoms with Crippen molar-refractivity contribution in [2.45, 2.75) is 93.4 Å². The smallest absolute Gasteiger partial charge is 0.302 e. The van der Waals surface area contributed by atoms with E-state index in [-0.39, 0.29) is 11.9 Å². The van der Waals surface area contributed by atoms with Crippen molar-refractivity contribution >= 4 is 11.9 Å². The van der Waals surface area contributed by atoms with E-state index >= 15 is 0 Å². The normalized spacial score (nSPS) is 12.1. The summed E-state index contributed by atoms with van der Waals surface area (Å²) in [5.74, 6) is 0.902. The molecule has 4 nitrogen and oxygen atoms in total. The van der Waals surface area contributed by atoms with Crippen molar-refractivity contribution in [3.63, 3.8) is 0 Å². The monoisotopic (exact) mass is 396 g/mol. The number of allylic oxidation sites excluding steroid dienone is 3. The number of rotatable bonds is 13. The third kappa shape index (κ3) is 26.6. The van der Waals surface area contributed by atoms with Crippen molar-refractivity contribution in [1.82, 2.24) is 0 Å². The standard InChI is InChI=1S/2C12H22O2/c2*1-10(2)6-5-7-11(3)8-9-14-12(4)13/h6,11H,5,7-9H2,1-4H3;11H,1,5-9H2,2-4H3. The minimum absolute atomic E-state index is 0.179. The fourth-order valence-corrected chi connectivity index (χ4v) is 2.51. The van der Waals surface area contributed by atoms with Gasteiger partial charge in [0, 0.05) is 13.8 Å². The molecule has 0 rings (SSSR count). The van der Waals surface area contributed by atoms with E-state index < -0.39 is 0 Å². The van der Waals surface area contributed by atoms with Gasteiger partial charge in [-0.1, -0.05) is 37.5 Å². The minimum Gasteiger partial charge on any atom is -0.466 e. The first kappa shape index (κ1) is 28.6. The topological polar surface area (TPSA) is 52.6 Å². The van der Waals surface area contributed by atoms with Crippen molar-refractivity contribution < 1.29 is 19.1 Å². The lowest BCUT2D eigenvalue weighted by Gasteiger charge is -2.10. The van der Waals surface area contributed by atoms with Crippen LogP contribution in [0.25, 0.3) is 0 Å². The summed E-state index contributed by atoms with van der Waals surface area (Å²) in [5.41, 5.74) is 2.62. The van der Waals surface area contributed by atoms with Crippen LogP contribution in [-0.4, -0.2) is 25.2 Å². The van der Waals surface area contributed by atoms with Crippen LogP contribution in [0.4, 0.5) is 0 Å². The summed E-state index contributed by atoms with van der Waals surface area (Å²) in [6, 6.07) is 0. The van der Waals surface area contributed by atoms with E-state index in [1.807, 2.05) is 0 Å². The second-order valence-electron chi connectivity index (χ2n) is 8.18. The van der Waals surface area contributed by atoms with Crippen LogP contribution in [0.3, 0.4) is 0 Å². The van der Waals surface area contributed by atoms with Gasteiger partial charge in [0.1, 0.15) is 0 Å². The van der Waals surface area contributed by atoms with Crippen LogP contribution in [0.5, 0.6) is 0 Å². The SMILES string of the molecule is C=C(C)CCCC(C)CCOC(C)=O.CC(=O)OCCC(C)CCC=C(C)C. The summed E-state index contributed by atoms with van der Waals surface area (Å²) >= 11 is 0. The number of esters is 2. The summed E-state index contributed by atoms with van der Waals surface area (Å²) in [6.07, 6.45) is 9.98. The Kier molecular flexibility index (Phi) is 19.2. The average Bonchev–Trinajstić information content (AvgIpc) is 2.54. The molecule has 0 N–H and O–H groups in total. The van der Waals surface area contributed by atoms with Crippen LogP contribution in [0.2, 0.25) is 0 Å². The summed E-state index contributed by atoms with van der Waals surface area (Å²) < 4.78 is 9.77. The van der Waals surface area contributed by atoms with E-state index in [0.717, 1.165) is 25.7 Å². The maximum absolute atomic E-state index is 10.5. The van der Waals surface area contributed by atoms with Gasteiger partial charge in [0.25, 0.3) is 0 Å². The summed E-state index contributed by atoms with van der Waals surface area (Å²) in [4.78, 5) is 21.0. The molecule has 164 valence electrons. The van der Waals surface area contributed by atoms with Crippen LogP contribution < -0.4 is 0 Å². The van der Waals surface area contributed by atoms with Crippen LogP contribution >= 0.6 is 0 Å². The first-order valence-corrected chi connectivity index (χ1v) is 10.6. The van der Waals surface area contributed by atoms with Gasteiger partial charge in [-0.15, -0.1) is 6.58 Å². The lowest BCUT2D eigenvalue weighted by molar-refractivity contribution is -0.142. The molecule has 0 spiro atoms. The van der Waals surface area contributed by atoms with Gasteiger partial charge in [-0.3, -0.25) is 9.59 Å². The Morgan fingerprint density at radius 2 is 1.29 bits per heavy atom. The Labute approximate surface area is 173 Å². The molecular weight excluding hydrogens is 352 g/mol. The first-order valence-electron chi connectivity index (χ1n) is 10.6. The molecular formula is C24H44O4. The van der Waals surface area contributed by atoms with E-state index in [2.05, 4.69) is 47.3 Å². The number of ether oxygens (including phenoxy) is 2. The zero-order valence-corrected chi connectivity index (χ0v) is 19.4. The lowest BCUT2D eigenvalue weighted by atomic mass is 9.99. The predicted molar refractivity (Wildman–Crippen MR) is 118 cm³/mol. The molecule has 0 radical (unpaired) electrons. The summed E-state index contributed by atoms with van der Waals surface area (Å²) in [6.45, 7) is 18.6. The molecule has 0 aromatic rings. The molecule has 2 unspecified atom stereocenters. The molecule has 0 aromatic carbocycles. The second kappa shape index (κ2) is 18.8. The van der Waals surface area contributed by atoms with Crippen molar-refractivity contribution in [3.8, 4) is 0 Å². The molecule has 0 saturated carbocycles. The highest BCUT2D eigenvalue weighted by molar-refractivity contribution is 5.66. The maximum atomic E-state index is 10.5. The van der Waals surface area contributed by atoms with E-state index in [0.29, 0.717) is 25.0 Å². The van der Waals surface area contributed by atoms with E-state index in [4.69, 9.17) is 9.47 Å². The third-order valence-electron chi connectivity index (χ3n) is 4.34. The maximum Gasteiger partial charge on any atom is 0.302 e. The molecule has 0 aliphatic rings. The Hall–Kier alpha value is -1.58. The Morgan fingerprint density at radius 1 is 0.821 bits per heavy atom. The molecule has 0 bridgehead atoms. The highest BCUT2D eigenvalue weighted by Crippen LogP contribution is 2.14. The molecule has 0 fully saturated rings. The van der Waals surface area contributed by atoms with Crippen LogP contribution in [0.15, 0.2) is 23.8 Å². The van der Waals surface area contributed by atoms with Crippen molar-refractivity contribution in [3.05, 3.63) is 23.8 Å². The van der Waals surface area contributed by atoms with Gasteiger partial charge in [-0.2, -0.15) is 0 Å². The van der Waals surface area contributed by atoms with Crippen LogP contribution in [0, 0.1) is 11.8 Å². The molecule has 0 amide bonds. The van der Waals surface area contributed by atoms with E-state index in [1.54, 1.807) is 0 Å². The average molecular weight is 397 g/mol. The van der Waals surface area contributed by atoms with Crippen molar-refractivity contribution in [2.24, 2.45) is 11.8 Å². The third-order valence-corrected chi connectivity index (χ3v) is 4.34. The molecule has 28 heavy (non-hydrogen) atoms. The molecule has 2 atom stereocenters. The van der Waals surface area contributed by atoms with Gasteiger partial charge in [0.2, 0.25) is 0 Å². The van der Waals surface area contributed by atoms with Crippen LogP contribution in [-0.2, 0) is 19.1 Å². The molecule has 4 heteroatoms. The van der Waals surface area contributed by atoms with Gasteiger partial charge >= 0.3 is 11.9 Å². The molecule has 0 saturated heterocycles. The highest BCUT2D eigenvalue weighted by atomic mass is 16.5. The quantitative estimate of drug-likeness (QED) is 0.258. The number of carbonyl (C=O) groups is 2. The first-order chi connectivity index (χ1) is 13.0. The van der Waals surface area contributed by atoms with Crippen LogP contribution in [0.1, 0.15) is 93.4 Å². The molecule has 0 heterocycles. The Bertz CT molecular complexity index is 441. The van der Waals surface area contributed by atoms with Gasteiger partial charge in [-0.05, 0) is 71.1 Å². The zero-order chi connectivity index (χ0) is 21.9. The van der Waals surface area contributed by atoms with Gasteiger partial charge in [0.05, 0.1) is 13.2 Å². The van der Waals surface area contributed by atoms with Gasteiger partial charge in [0.15, 0.2) is 0 Å². The Morgan fingerprint density at radius 3 is 1.68 bits per heavy atom. The minimum atomic E-state index is -0.181. The number of hydrogen-bond donors (Lipinski definition) is 0. The summed E-state index contributed by atoms with van der Waals surface area (Å²) in [5, 5.41) is 0. The van der Waals surface area contributed by atoms with Crippen molar-refractivity contribution in [2.75, 3.05) is 13.2 Å². The summed E-state index contributed by atoms with van der Waals surface area (Å²) in [7, 11) is 0. The number of hydrogen-bond acceptors (Lipinski definition) is 4. The zero-order valence-electron chi connectivity index (χ0n) is 19.4. The molecule has 0 aliphatic carbocycles. The fourth-order valence-electron chi connectivity index (χ4n) is 2.51. The van der Waals surface area contributed by atoms with E-state index in [9.17, 15) is 9.59 Å². The largest absolute Gasteiger partial charge is 0.466 e. The van der Waals surface area contributed by atoms with Gasteiger partial charge in [-0.25, -0.2) is 0 Å². The van der Waals surface area contributed by atoms with Gasteiger partial charge < -0.3 is 9.47 Å². The fraction of sp³-hybridized carbons (Fsp3) is 0.750. The molecule has 0 aliphatic heterocycles. The van der Waals surface area contributed by atoms with Crippen molar-refractivity contribution in [1.29, 1.82) is 0 Å². The second-order valence-corrected chi connectivity index (χ2v) is 8.18. The van der Waals surface area contributed by atoms with E-state index in [1.165, 1.54) is 44.3 Å². The Balaban J connectivity index is 0. The lowest BCUT2D eigenvalue weighted by Crippen LogP contribution is -2.05. The predicted octanol–water partition coefficient (Wildman–Crippen LogP) is 6.64. The highest BCUT2D eigenvalue weighted by Gasteiger charge is 2.03.